The Labute approximate surface area is 121 Å². The van der Waals surface area contributed by atoms with Crippen LogP contribution in [0.15, 0.2) is 42.0 Å². The fourth-order valence-electron chi connectivity index (χ4n) is 2.19. The zero-order valence-corrected chi connectivity index (χ0v) is 12.1. The second kappa shape index (κ2) is 5.46. The highest BCUT2D eigenvalue weighted by molar-refractivity contribution is 7.09. The molecule has 1 atom stereocenters. The van der Waals surface area contributed by atoms with Crippen LogP contribution in [0.5, 0.6) is 5.75 Å². The molecule has 5 heteroatoms. The summed E-state index contributed by atoms with van der Waals surface area (Å²) in [4.78, 5) is 8.77. The molecule has 0 fully saturated rings. The summed E-state index contributed by atoms with van der Waals surface area (Å²) in [5.74, 6) is 1.71. The van der Waals surface area contributed by atoms with Crippen LogP contribution in [-0.2, 0) is 0 Å². The maximum Gasteiger partial charge on any atom is 0.134 e. The molecule has 3 aromatic rings. The number of fused-ring (bicyclic) bond motifs is 1. The van der Waals surface area contributed by atoms with Crippen LogP contribution >= 0.6 is 11.3 Å². The van der Waals surface area contributed by atoms with Crippen molar-refractivity contribution in [3.05, 3.63) is 47.0 Å². The summed E-state index contributed by atoms with van der Waals surface area (Å²) in [6.07, 6.45) is 3.61. The summed E-state index contributed by atoms with van der Waals surface area (Å²) in [5, 5.41) is 8.55. The molecule has 2 heterocycles. The molecule has 0 saturated heterocycles. The molecule has 0 aliphatic carbocycles. The van der Waals surface area contributed by atoms with Crippen molar-refractivity contribution < 1.29 is 4.74 Å². The van der Waals surface area contributed by atoms with Gasteiger partial charge in [-0.2, -0.15) is 0 Å². The normalized spacial score (nSPS) is 12.3. The fraction of sp³-hybridized carbons (Fsp3) is 0.200. The van der Waals surface area contributed by atoms with E-state index in [4.69, 9.17) is 4.74 Å². The monoisotopic (exact) mass is 285 g/mol. The lowest BCUT2D eigenvalue weighted by Crippen LogP contribution is -2.07. The van der Waals surface area contributed by atoms with E-state index in [1.165, 1.54) is 0 Å². The zero-order valence-electron chi connectivity index (χ0n) is 11.3. The number of aromatic nitrogens is 2. The zero-order chi connectivity index (χ0) is 13.9. The summed E-state index contributed by atoms with van der Waals surface area (Å²) in [5.41, 5.74) is 0. The van der Waals surface area contributed by atoms with Gasteiger partial charge in [-0.15, -0.1) is 11.3 Å². The third kappa shape index (κ3) is 2.32. The molecule has 20 heavy (non-hydrogen) atoms. The van der Waals surface area contributed by atoms with Crippen molar-refractivity contribution in [2.45, 2.75) is 13.0 Å². The third-order valence-corrected chi connectivity index (χ3v) is 4.12. The Morgan fingerprint density at radius 3 is 2.80 bits per heavy atom. The average Bonchev–Trinajstić information content (AvgIpc) is 3.01. The molecular weight excluding hydrogens is 270 g/mol. The molecule has 102 valence electrons. The Balaban J connectivity index is 2.00. The Kier molecular flexibility index (Phi) is 3.52. The van der Waals surface area contributed by atoms with E-state index in [1.54, 1.807) is 24.6 Å². The first-order valence-electron chi connectivity index (χ1n) is 6.37. The molecule has 2 aromatic heterocycles. The molecule has 0 amide bonds. The van der Waals surface area contributed by atoms with Crippen LogP contribution in [0.4, 0.5) is 5.82 Å². The summed E-state index contributed by atoms with van der Waals surface area (Å²) in [6, 6.07) is 8.06. The molecule has 0 radical (unpaired) electrons. The van der Waals surface area contributed by atoms with Crippen molar-refractivity contribution in [3.8, 4) is 5.75 Å². The van der Waals surface area contributed by atoms with E-state index >= 15 is 0 Å². The van der Waals surface area contributed by atoms with Crippen LogP contribution in [0.1, 0.15) is 18.0 Å². The standard InChI is InChI=1S/C15H15N3OS/c1-10(15-17-8-9-20-15)18-14-12-4-3-5-13(19-2)11(12)6-7-16-14/h3-10H,1-2H3,(H,16,18). The second-order valence-corrected chi connectivity index (χ2v) is 5.38. The molecule has 1 N–H and O–H groups in total. The maximum absolute atomic E-state index is 5.39. The summed E-state index contributed by atoms with van der Waals surface area (Å²) < 4.78 is 5.39. The molecule has 0 saturated carbocycles. The molecule has 0 bridgehead atoms. The Bertz CT molecular complexity index is 712. The van der Waals surface area contributed by atoms with Gasteiger partial charge in [0.2, 0.25) is 0 Å². The van der Waals surface area contributed by atoms with E-state index in [1.807, 2.05) is 35.8 Å². The van der Waals surface area contributed by atoms with Gasteiger partial charge in [0.05, 0.1) is 13.2 Å². The van der Waals surface area contributed by atoms with Crippen LogP contribution in [0, 0.1) is 0 Å². The number of benzene rings is 1. The van der Waals surface area contributed by atoms with E-state index in [9.17, 15) is 0 Å². The first-order valence-corrected chi connectivity index (χ1v) is 7.25. The number of hydrogen-bond donors (Lipinski definition) is 1. The van der Waals surface area contributed by atoms with Crippen LogP contribution < -0.4 is 10.1 Å². The van der Waals surface area contributed by atoms with Gasteiger partial charge in [-0.3, -0.25) is 0 Å². The number of pyridine rings is 1. The number of hydrogen-bond acceptors (Lipinski definition) is 5. The molecule has 3 rings (SSSR count). The van der Waals surface area contributed by atoms with Crippen LogP contribution in [0.3, 0.4) is 0 Å². The number of anilines is 1. The smallest absolute Gasteiger partial charge is 0.134 e. The number of methoxy groups -OCH3 is 1. The highest BCUT2D eigenvalue weighted by Gasteiger charge is 2.11. The molecule has 0 spiro atoms. The third-order valence-electron chi connectivity index (χ3n) is 3.16. The van der Waals surface area contributed by atoms with Gasteiger partial charge in [0, 0.05) is 28.5 Å². The highest BCUT2D eigenvalue weighted by atomic mass is 32.1. The number of nitrogens with zero attached hydrogens (tertiary/aromatic N) is 2. The van der Waals surface area contributed by atoms with Gasteiger partial charge < -0.3 is 10.1 Å². The van der Waals surface area contributed by atoms with Gasteiger partial charge in [-0.25, -0.2) is 9.97 Å². The van der Waals surface area contributed by atoms with Crippen molar-refractivity contribution in [2.24, 2.45) is 0 Å². The van der Waals surface area contributed by atoms with Crippen molar-refractivity contribution in [1.82, 2.24) is 9.97 Å². The van der Waals surface area contributed by atoms with Gasteiger partial charge >= 0.3 is 0 Å². The van der Waals surface area contributed by atoms with Crippen molar-refractivity contribution >= 4 is 27.9 Å². The van der Waals surface area contributed by atoms with Crippen LogP contribution in [0.25, 0.3) is 10.8 Å². The predicted octanol–water partition coefficient (Wildman–Crippen LogP) is 3.87. The molecule has 1 unspecified atom stereocenters. The van der Waals surface area contributed by atoms with Gasteiger partial charge in [-0.1, -0.05) is 12.1 Å². The Morgan fingerprint density at radius 2 is 2.05 bits per heavy atom. The fourth-order valence-corrected chi connectivity index (χ4v) is 2.83. The predicted molar refractivity (Wildman–Crippen MR) is 82.4 cm³/mol. The average molecular weight is 285 g/mol. The van der Waals surface area contributed by atoms with Gasteiger partial charge in [0.15, 0.2) is 0 Å². The van der Waals surface area contributed by atoms with Gasteiger partial charge in [-0.05, 0) is 19.1 Å². The van der Waals surface area contributed by atoms with E-state index < -0.39 is 0 Å². The number of rotatable bonds is 4. The van der Waals surface area contributed by atoms with E-state index in [0.29, 0.717) is 0 Å². The lowest BCUT2D eigenvalue weighted by Gasteiger charge is -2.14. The molecule has 1 aromatic carbocycles. The van der Waals surface area contributed by atoms with Crippen LogP contribution in [-0.4, -0.2) is 17.1 Å². The van der Waals surface area contributed by atoms with E-state index in [0.717, 1.165) is 27.3 Å². The second-order valence-electron chi connectivity index (χ2n) is 4.45. The SMILES string of the molecule is COc1cccc2c(NC(C)c3nccs3)nccc12. The van der Waals surface area contributed by atoms with Crippen molar-refractivity contribution in [3.63, 3.8) is 0 Å². The first kappa shape index (κ1) is 12.9. The van der Waals surface area contributed by atoms with Gasteiger partial charge in [0.25, 0.3) is 0 Å². The maximum atomic E-state index is 5.39. The number of ether oxygens (including phenoxy) is 1. The van der Waals surface area contributed by atoms with E-state index in [-0.39, 0.29) is 6.04 Å². The minimum atomic E-state index is 0.124. The topological polar surface area (TPSA) is 47.0 Å². The summed E-state index contributed by atoms with van der Waals surface area (Å²) >= 11 is 1.64. The van der Waals surface area contributed by atoms with Crippen molar-refractivity contribution in [1.29, 1.82) is 0 Å². The van der Waals surface area contributed by atoms with Crippen LogP contribution in [0.2, 0.25) is 0 Å². The molecule has 0 aliphatic heterocycles. The first-order chi connectivity index (χ1) is 9.79. The minimum Gasteiger partial charge on any atom is -0.496 e. The minimum absolute atomic E-state index is 0.124. The quantitative estimate of drug-likeness (QED) is 0.790. The lowest BCUT2D eigenvalue weighted by atomic mass is 10.1. The number of nitrogens with one attached hydrogen (secondary N) is 1. The van der Waals surface area contributed by atoms with E-state index in [2.05, 4.69) is 22.2 Å². The summed E-state index contributed by atoms with van der Waals surface area (Å²) in [6.45, 7) is 2.08. The largest absolute Gasteiger partial charge is 0.496 e. The highest BCUT2D eigenvalue weighted by Crippen LogP contribution is 2.30. The lowest BCUT2D eigenvalue weighted by molar-refractivity contribution is 0.420. The van der Waals surface area contributed by atoms with Crippen molar-refractivity contribution in [2.75, 3.05) is 12.4 Å². The molecule has 4 nitrogen and oxygen atoms in total. The van der Waals surface area contributed by atoms with Gasteiger partial charge in [0.1, 0.15) is 16.6 Å². The Morgan fingerprint density at radius 1 is 1.15 bits per heavy atom. The molecular formula is C15H15N3OS. The number of thiazole rings is 1. The molecule has 0 aliphatic rings. The summed E-state index contributed by atoms with van der Waals surface area (Å²) in [7, 11) is 1.68. The Hall–Kier alpha value is -2.14.